The standard InChI is InChI=1S/C32H40N4/c1-20(2)28-18-26(19-30(31(28)33)32(7,8)9)12-11-21(3)36(10)27-15-13-25(14-16-27)17-29-22(4)34-24(6)35-23(29)5/h13-19,34-35H,1,3-6,11-12,33H2,2,7-10H3. The summed E-state index contributed by atoms with van der Waals surface area (Å²) in [5, 5.41) is 6.23. The lowest BCUT2D eigenvalue weighted by Gasteiger charge is -2.26. The van der Waals surface area contributed by atoms with Crippen molar-refractivity contribution in [3.63, 3.8) is 0 Å². The van der Waals surface area contributed by atoms with Crippen LogP contribution in [-0.2, 0) is 11.8 Å². The van der Waals surface area contributed by atoms with Crippen LogP contribution < -0.4 is 21.3 Å². The second-order valence-corrected chi connectivity index (χ2v) is 10.6. The molecule has 1 saturated heterocycles. The molecule has 3 rings (SSSR count). The molecular formula is C32H40N4. The summed E-state index contributed by atoms with van der Waals surface area (Å²) in [6.07, 6.45) is 3.78. The minimum absolute atomic E-state index is 0.0361. The highest BCUT2D eigenvalue weighted by Gasteiger charge is 2.20. The first-order valence-electron chi connectivity index (χ1n) is 12.2. The molecule has 2 aromatic rings. The highest BCUT2D eigenvalue weighted by atomic mass is 15.1. The van der Waals surface area contributed by atoms with Gasteiger partial charge >= 0.3 is 0 Å². The molecule has 0 amide bonds. The first-order valence-corrected chi connectivity index (χ1v) is 12.2. The third-order valence-electron chi connectivity index (χ3n) is 6.53. The van der Waals surface area contributed by atoms with Crippen LogP contribution in [0.25, 0.3) is 11.6 Å². The van der Waals surface area contributed by atoms with Gasteiger partial charge in [-0.05, 0) is 71.7 Å². The molecule has 36 heavy (non-hydrogen) atoms. The van der Waals surface area contributed by atoms with Gasteiger partial charge in [-0.2, -0.15) is 0 Å². The Kier molecular flexibility index (Phi) is 7.68. The Bertz CT molecular complexity index is 1240. The molecule has 0 aromatic heterocycles. The van der Waals surface area contributed by atoms with Crippen molar-refractivity contribution in [2.24, 2.45) is 0 Å². The molecule has 0 spiro atoms. The van der Waals surface area contributed by atoms with Crippen LogP contribution in [0.1, 0.15) is 56.4 Å². The molecule has 0 aliphatic carbocycles. The summed E-state index contributed by atoms with van der Waals surface area (Å²) < 4.78 is 0. The van der Waals surface area contributed by atoms with E-state index in [1.165, 1.54) is 11.1 Å². The number of nitrogens with one attached hydrogen (secondary N) is 2. The maximum absolute atomic E-state index is 6.50. The Morgan fingerprint density at radius 2 is 1.58 bits per heavy atom. The SMILES string of the molecule is C=C1NC(=C)C(=Cc2ccc(N(C)C(=C)CCc3cc(C(=C)C)c(N)c(C(C)(C)C)c3)cc2)C(=C)N1. The van der Waals surface area contributed by atoms with E-state index in [-0.39, 0.29) is 5.41 Å². The molecule has 0 unspecified atom stereocenters. The number of nitrogens with zero attached hydrogens (tertiary/aromatic N) is 1. The van der Waals surface area contributed by atoms with Gasteiger partial charge in [-0.15, -0.1) is 0 Å². The Labute approximate surface area is 217 Å². The molecule has 1 heterocycles. The monoisotopic (exact) mass is 480 g/mol. The number of hydrogen-bond acceptors (Lipinski definition) is 4. The number of nitrogen functional groups attached to an aromatic ring is 1. The maximum atomic E-state index is 6.50. The third-order valence-corrected chi connectivity index (χ3v) is 6.53. The fraction of sp³-hybridized carbons (Fsp3) is 0.250. The van der Waals surface area contributed by atoms with Crippen LogP contribution in [0.3, 0.4) is 0 Å². The Morgan fingerprint density at radius 3 is 2.11 bits per heavy atom. The van der Waals surface area contributed by atoms with Gasteiger partial charge in [0.05, 0.1) is 0 Å². The number of aryl methyl sites for hydroxylation is 1. The van der Waals surface area contributed by atoms with E-state index >= 15 is 0 Å². The number of hydrogen-bond donors (Lipinski definition) is 3. The van der Waals surface area contributed by atoms with Crippen molar-refractivity contribution in [3.8, 4) is 0 Å². The van der Waals surface area contributed by atoms with Gasteiger partial charge in [0.15, 0.2) is 0 Å². The van der Waals surface area contributed by atoms with E-state index in [9.17, 15) is 0 Å². The maximum Gasteiger partial charge on any atom is 0.100 e. The van der Waals surface area contributed by atoms with Crippen molar-refractivity contribution in [2.45, 2.75) is 46.0 Å². The normalized spacial score (nSPS) is 13.7. The fourth-order valence-corrected chi connectivity index (χ4v) is 4.32. The van der Waals surface area contributed by atoms with E-state index < -0.39 is 0 Å². The Hall–Kier alpha value is -3.92. The van der Waals surface area contributed by atoms with Crippen LogP contribution in [0.4, 0.5) is 11.4 Å². The van der Waals surface area contributed by atoms with Crippen LogP contribution in [0, 0.1) is 0 Å². The lowest BCUT2D eigenvalue weighted by atomic mass is 9.82. The first-order chi connectivity index (χ1) is 16.8. The molecule has 1 aliphatic rings. The molecule has 4 N–H and O–H groups in total. The number of nitrogens with two attached hydrogens (primary N) is 1. The molecule has 0 bridgehead atoms. The van der Waals surface area contributed by atoms with Crippen LogP contribution in [0.2, 0.25) is 0 Å². The number of anilines is 2. The van der Waals surface area contributed by atoms with Crippen molar-refractivity contribution >= 4 is 23.0 Å². The topological polar surface area (TPSA) is 53.3 Å². The van der Waals surface area contributed by atoms with E-state index in [2.05, 4.69) is 119 Å². The van der Waals surface area contributed by atoms with Crippen LogP contribution in [0.5, 0.6) is 0 Å². The summed E-state index contributed by atoms with van der Waals surface area (Å²) in [4.78, 5) is 2.14. The average molecular weight is 481 g/mol. The van der Waals surface area contributed by atoms with Gasteiger partial charge < -0.3 is 21.3 Å². The lowest BCUT2D eigenvalue weighted by Crippen LogP contribution is -2.32. The summed E-state index contributed by atoms with van der Waals surface area (Å²) in [6, 6.07) is 12.8. The van der Waals surface area contributed by atoms with Gasteiger partial charge in [-0.1, -0.05) is 71.9 Å². The molecule has 1 aliphatic heterocycles. The smallest absolute Gasteiger partial charge is 0.100 e. The average Bonchev–Trinajstić information content (AvgIpc) is 2.79. The third kappa shape index (κ3) is 6.01. The van der Waals surface area contributed by atoms with Gasteiger partial charge in [0.25, 0.3) is 0 Å². The molecule has 4 heteroatoms. The van der Waals surface area contributed by atoms with Gasteiger partial charge in [-0.25, -0.2) is 0 Å². The second-order valence-electron chi connectivity index (χ2n) is 10.6. The molecule has 0 radical (unpaired) electrons. The van der Waals surface area contributed by atoms with E-state index in [1.807, 2.05) is 6.92 Å². The Morgan fingerprint density at radius 1 is 1.00 bits per heavy atom. The van der Waals surface area contributed by atoms with Crippen molar-refractivity contribution in [1.82, 2.24) is 10.6 Å². The molecule has 1 fully saturated rings. The van der Waals surface area contributed by atoms with Crippen molar-refractivity contribution in [3.05, 3.63) is 120 Å². The minimum atomic E-state index is -0.0361. The number of rotatable bonds is 7. The van der Waals surface area contributed by atoms with Gasteiger partial charge in [0.2, 0.25) is 0 Å². The van der Waals surface area contributed by atoms with Crippen molar-refractivity contribution < 1.29 is 0 Å². The summed E-state index contributed by atoms with van der Waals surface area (Å²) >= 11 is 0. The summed E-state index contributed by atoms with van der Waals surface area (Å²) in [5.41, 5.74) is 17.4. The predicted octanol–water partition coefficient (Wildman–Crippen LogP) is 7.26. The quantitative estimate of drug-likeness (QED) is 0.365. The summed E-state index contributed by atoms with van der Waals surface area (Å²) in [6.45, 7) is 29.1. The van der Waals surface area contributed by atoms with Gasteiger partial charge in [-0.3, -0.25) is 0 Å². The van der Waals surface area contributed by atoms with Crippen molar-refractivity contribution in [2.75, 3.05) is 17.7 Å². The fourth-order valence-electron chi connectivity index (χ4n) is 4.32. The predicted molar refractivity (Wildman–Crippen MR) is 158 cm³/mol. The summed E-state index contributed by atoms with van der Waals surface area (Å²) in [7, 11) is 2.06. The molecule has 0 saturated carbocycles. The highest BCUT2D eigenvalue weighted by Crippen LogP contribution is 2.35. The molecule has 4 nitrogen and oxygen atoms in total. The van der Waals surface area contributed by atoms with Crippen molar-refractivity contribution in [1.29, 1.82) is 0 Å². The van der Waals surface area contributed by atoms with E-state index in [0.29, 0.717) is 5.82 Å². The largest absolute Gasteiger partial charge is 0.398 e. The first kappa shape index (κ1) is 26.7. The zero-order chi connectivity index (χ0) is 26.8. The number of benzene rings is 2. The zero-order valence-electron chi connectivity index (χ0n) is 22.5. The number of allylic oxidation sites excluding steroid dienone is 2. The van der Waals surface area contributed by atoms with Crippen LogP contribution in [-0.4, -0.2) is 7.05 Å². The zero-order valence-corrected chi connectivity index (χ0v) is 22.5. The molecule has 188 valence electrons. The summed E-state index contributed by atoms with van der Waals surface area (Å²) in [5.74, 6) is 0.682. The molecule has 0 atom stereocenters. The van der Waals surface area contributed by atoms with Gasteiger partial charge in [0, 0.05) is 46.7 Å². The van der Waals surface area contributed by atoms with E-state index in [1.54, 1.807) is 0 Å². The van der Waals surface area contributed by atoms with Crippen LogP contribution in [0.15, 0.2) is 97.8 Å². The van der Waals surface area contributed by atoms with E-state index in [4.69, 9.17) is 5.73 Å². The molecular weight excluding hydrogens is 440 g/mol. The minimum Gasteiger partial charge on any atom is -0.398 e. The van der Waals surface area contributed by atoms with Gasteiger partial charge in [0.1, 0.15) is 5.82 Å². The van der Waals surface area contributed by atoms with Crippen LogP contribution >= 0.6 is 0 Å². The molecule has 2 aromatic carbocycles. The Balaban J connectivity index is 1.72. The highest BCUT2D eigenvalue weighted by molar-refractivity contribution is 5.76. The van der Waals surface area contributed by atoms with E-state index in [0.717, 1.165) is 63.6 Å². The second kappa shape index (κ2) is 10.4. The lowest BCUT2D eigenvalue weighted by molar-refractivity contribution is 0.591.